The highest BCUT2D eigenvalue weighted by Crippen LogP contribution is 2.23. The second-order valence-corrected chi connectivity index (χ2v) is 8.14. The van der Waals surface area contributed by atoms with Gasteiger partial charge >= 0.3 is 0 Å². The molecule has 3 rings (SSSR count). The van der Waals surface area contributed by atoms with Gasteiger partial charge in [-0.2, -0.15) is 23.5 Å². The Labute approximate surface area is 136 Å². The summed E-state index contributed by atoms with van der Waals surface area (Å²) < 4.78 is 0. The molecule has 0 N–H and O–H groups in total. The van der Waals surface area contributed by atoms with Gasteiger partial charge in [-0.1, -0.05) is 0 Å². The molecule has 21 heavy (non-hydrogen) atoms. The molecule has 116 valence electrons. The molecule has 0 aromatic carbocycles. The third-order valence-corrected chi connectivity index (χ3v) is 6.77. The number of aryl methyl sites for hydroxylation is 1. The zero-order valence-corrected chi connectivity index (χ0v) is 14.5. The number of rotatable bonds is 2. The van der Waals surface area contributed by atoms with E-state index in [1.807, 2.05) is 6.20 Å². The van der Waals surface area contributed by atoms with E-state index >= 15 is 0 Å². The standard InChI is InChI=1S/C16H25N3S2/c1-14-11-15(3-4-17-14)18-5-2-6-19(8-7-18)16-12-20-9-10-21-13-16/h3-4,11,16H,2,5-10,12-13H2,1H3. The van der Waals surface area contributed by atoms with Crippen LogP contribution < -0.4 is 4.90 Å². The Morgan fingerprint density at radius 2 is 1.90 bits per heavy atom. The van der Waals surface area contributed by atoms with E-state index in [1.165, 1.54) is 54.8 Å². The van der Waals surface area contributed by atoms with Gasteiger partial charge in [0.2, 0.25) is 0 Å². The summed E-state index contributed by atoms with van der Waals surface area (Å²) in [6.07, 6.45) is 3.21. The molecule has 3 heterocycles. The maximum atomic E-state index is 4.31. The van der Waals surface area contributed by atoms with Crippen LogP contribution in [0.15, 0.2) is 18.3 Å². The quantitative estimate of drug-likeness (QED) is 0.831. The van der Waals surface area contributed by atoms with Gasteiger partial charge in [0.05, 0.1) is 0 Å². The molecule has 0 spiro atoms. The summed E-state index contributed by atoms with van der Waals surface area (Å²) in [5.74, 6) is 5.30. The number of anilines is 1. The van der Waals surface area contributed by atoms with E-state index in [0.717, 1.165) is 18.3 Å². The minimum absolute atomic E-state index is 0.779. The average Bonchev–Trinajstić information content (AvgIpc) is 2.90. The van der Waals surface area contributed by atoms with Crippen LogP contribution in [0.25, 0.3) is 0 Å². The van der Waals surface area contributed by atoms with Crippen molar-refractivity contribution in [2.24, 2.45) is 0 Å². The third kappa shape index (κ3) is 4.30. The molecule has 0 aliphatic carbocycles. The van der Waals surface area contributed by atoms with Crippen molar-refractivity contribution >= 4 is 29.2 Å². The van der Waals surface area contributed by atoms with Crippen molar-refractivity contribution in [2.75, 3.05) is 54.1 Å². The van der Waals surface area contributed by atoms with Crippen LogP contribution in [0.2, 0.25) is 0 Å². The summed E-state index contributed by atoms with van der Waals surface area (Å²) in [4.78, 5) is 9.58. The van der Waals surface area contributed by atoms with Gasteiger partial charge in [-0.05, 0) is 25.5 Å². The van der Waals surface area contributed by atoms with Crippen molar-refractivity contribution in [1.82, 2.24) is 9.88 Å². The largest absolute Gasteiger partial charge is 0.370 e. The highest BCUT2D eigenvalue weighted by Gasteiger charge is 2.23. The lowest BCUT2D eigenvalue weighted by molar-refractivity contribution is 0.245. The highest BCUT2D eigenvalue weighted by molar-refractivity contribution is 8.03. The first-order valence-electron chi connectivity index (χ1n) is 7.90. The van der Waals surface area contributed by atoms with E-state index in [4.69, 9.17) is 0 Å². The minimum atomic E-state index is 0.779. The molecule has 2 aliphatic heterocycles. The van der Waals surface area contributed by atoms with Gasteiger partial charge in [0.25, 0.3) is 0 Å². The first-order valence-corrected chi connectivity index (χ1v) is 10.2. The molecule has 0 unspecified atom stereocenters. The van der Waals surface area contributed by atoms with E-state index in [-0.39, 0.29) is 0 Å². The average molecular weight is 324 g/mol. The van der Waals surface area contributed by atoms with Gasteiger partial charge in [-0.25, -0.2) is 0 Å². The number of pyridine rings is 1. The molecule has 0 amide bonds. The fourth-order valence-corrected chi connectivity index (χ4v) is 5.73. The molecule has 0 saturated carbocycles. The summed E-state index contributed by atoms with van der Waals surface area (Å²) in [6, 6.07) is 5.15. The molecular weight excluding hydrogens is 298 g/mol. The second kappa shape index (κ2) is 7.75. The molecular formula is C16H25N3S2. The lowest BCUT2D eigenvalue weighted by Crippen LogP contribution is -2.41. The van der Waals surface area contributed by atoms with Crippen LogP contribution in [-0.2, 0) is 0 Å². The van der Waals surface area contributed by atoms with Gasteiger partial charge < -0.3 is 4.90 Å². The van der Waals surface area contributed by atoms with Crippen molar-refractivity contribution < 1.29 is 0 Å². The summed E-state index contributed by atoms with van der Waals surface area (Å²) in [6.45, 7) is 6.86. The lowest BCUT2D eigenvalue weighted by atomic mass is 10.3. The Hall–Kier alpha value is -0.390. The third-order valence-electron chi connectivity index (χ3n) is 4.28. The molecule has 1 aromatic rings. The predicted molar refractivity (Wildman–Crippen MR) is 95.8 cm³/mol. The Morgan fingerprint density at radius 1 is 1.10 bits per heavy atom. The number of aromatic nitrogens is 1. The molecule has 2 fully saturated rings. The second-order valence-electron chi connectivity index (χ2n) is 5.84. The number of nitrogens with zero attached hydrogens (tertiary/aromatic N) is 3. The Bertz CT molecular complexity index is 447. The van der Waals surface area contributed by atoms with Crippen molar-refractivity contribution in [3.63, 3.8) is 0 Å². The van der Waals surface area contributed by atoms with Crippen molar-refractivity contribution in [2.45, 2.75) is 19.4 Å². The van der Waals surface area contributed by atoms with Gasteiger partial charge in [-0.15, -0.1) is 0 Å². The van der Waals surface area contributed by atoms with Crippen LogP contribution in [0.3, 0.4) is 0 Å². The molecule has 5 heteroatoms. The number of hydrogen-bond acceptors (Lipinski definition) is 5. The predicted octanol–water partition coefficient (Wildman–Crippen LogP) is 2.75. The number of hydrogen-bond donors (Lipinski definition) is 0. The summed E-state index contributed by atoms with van der Waals surface area (Å²) in [5, 5.41) is 0. The van der Waals surface area contributed by atoms with Crippen LogP contribution in [0.1, 0.15) is 12.1 Å². The van der Waals surface area contributed by atoms with Gasteiger partial charge in [-0.3, -0.25) is 9.88 Å². The molecule has 2 saturated heterocycles. The fraction of sp³-hybridized carbons (Fsp3) is 0.688. The SMILES string of the molecule is Cc1cc(N2CCCN(C3CSCCSC3)CC2)ccn1. The van der Waals surface area contributed by atoms with E-state index in [9.17, 15) is 0 Å². The molecule has 0 bridgehead atoms. The van der Waals surface area contributed by atoms with Gasteiger partial charge in [0, 0.05) is 72.8 Å². The van der Waals surface area contributed by atoms with E-state index < -0.39 is 0 Å². The van der Waals surface area contributed by atoms with Crippen LogP contribution in [0.5, 0.6) is 0 Å². The van der Waals surface area contributed by atoms with Crippen molar-refractivity contribution in [3.8, 4) is 0 Å². The maximum Gasteiger partial charge on any atom is 0.0400 e. The fourth-order valence-electron chi connectivity index (χ4n) is 3.10. The normalized spacial score (nSPS) is 22.8. The first kappa shape index (κ1) is 15.5. The monoisotopic (exact) mass is 323 g/mol. The van der Waals surface area contributed by atoms with Crippen LogP contribution in [0.4, 0.5) is 5.69 Å². The van der Waals surface area contributed by atoms with Gasteiger partial charge in [0.1, 0.15) is 0 Å². The van der Waals surface area contributed by atoms with Crippen molar-refractivity contribution in [3.05, 3.63) is 24.0 Å². The molecule has 0 radical (unpaired) electrons. The van der Waals surface area contributed by atoms with Crippen LogP contribution in [-0.4, -0.2) is 65.1 Å². The lowest BCUT2D eigenvalue weighted by Gasteiger charge is -2.29. The van der Waals surface area contributed by atoms with E-state index in [1.54, 1.807) is 0 Å². The molecule has 3 nitrogen and oxygen atoms in total. The Morgan fingerprint density at radius 3 is 2.67 bits per heavy atom. The molecule has 2 aliphatic rings. The minimum Gasteiger partial charge on any atom is -0.370 e. The smallest absolute Gasteiger partial charge is 0.0400 e. The van der Waals surface area contributed by atoms with E-state index in [0.29, 0.717) is 0 Å². The Kier molecular flexibility index (Phi) is 5.72. The highest BCUT2D eigenvalue weighted by atomic mass is 32.2. The maximum absolute atomic E-state index is 4.31. The zero-order valence-electron chi connectivity index (χ0n) is 12.8. The summed E-state index contributed by atoms with van der Waals surface area (Å²) >= 11 is 4.28. The number of thioether (sulfide) groups is 2. The van der Waals surface area contributed by atoms with Crippen LogP contribution >= 0.6 is 23.5 Å². The zero-order chi connectivity index (χ0) is 14.5. The first-order chi connectivity index (χ1) is 10.3. The molecule has 0 atom stereocenters. The van der Waals surface area contributed by atoms with Crippen LogP contribution in [0, 0.1) is 6.92 Å². The van der Waals surface area contributed by atoms with Crippen molar-refractivity contribution in [1.29, 1.82) is 0 Å². The topological polar surface area (TPSA) is 19.4 Å². The molecule has 1 aromatic heterocycles. The summed E-state index contributed by atoms with van der Waals surface area (Å²) in [7, 11) is 0. The Balaban J connectivity index is 1.61. The van der Waals surface area contributed by atoms with Gasteiger partial charge in [0.15, 0.2) is 0 Å². The van der Waals surface area contributed by atoms with E-state index in [2.05, 4.69) is 57.4 Å². The summed E-state index contributed by atoms with van der Waals surface area (Å²) in [5.41, 5.74) is 2.46.